The van der Waals surface area contributed by atoms with E-state index < -0.39 is 29.5 Å². The number of methoxy groups -OCH3 is 1. The van der Waals surface area contributed by atoms with Gasteiger partial charge in [0.05, 0.1) is 11.3 Å². The summed E-state index contributed by atoms with van der Waals surface area (Å²) in [5, 5.41) is 11.6. The van der Waals surface area contributed by atoms with Crippen LogP contribution < -0.4 is 11.1 Å². The van der Waals surface area contributed by atoms with Crippen LogP contribution in [-0.4, -0.2) is 30.8 Å². The molecular formula is C11H13F3N2O3. The van der Waals surface area contributed by atoms with Crippen molar-refractivity contribution in [3.05, 3.63) is 23.8 Å². The quantitative estimate of drug-likeness (QED) is 0.725. The molecule has 8 heteroatoms. The molecule has 0 aliphatic carbocycles. The number of rotatable bonds is 4. The van der Waals surface area contributed by atoms with Crippen LogP contribution in [-0.2, 0) is 15.7 Å². The molecule has 0 heterocycles. The van der Waals surface area contributed by atoms with E-state index in [-0.39, 0.29) is 12.2 Å². The van der Waals surface area contributed by atoms with Gasteiger partial charge in [-0.3, -0.25) is 4.79 Å². The molecule has 4 N–H and O–H groups in total. The number of aromatic hydroxyl groups is 1. The third-order valence-electron chi connectivity index (χ3n) is 2.37. The lowest BCUT2D eigenvalue weighted by Gasteiger charge is -2.15. The minimum absolute atomic E-state index is 0.137. The Morgan fingerprint density at radius 2 is 2.16 bits per heavy atom. The number of hydrogen-bond donors (Lipinski definition) is 3. The highest BCUT2D eigenvalue weighted by Gasteiger charge is 2.31. The predicted octanol–water partition coefficient (Wildman–Crippen LogP) is 1.32. The molecule has 1 amide bonds. The lowest BCUT2D eigenvalue weighted by atomic mass is 10.1. The fraction of sp³-hybridized carbons (Fsp3) is 0.364. The Morgan fingerprint density at radius 3 is 2.63 bits per heavy atom. The largest absolute Gasteiger partial charge is 0.506 e. The Hall–Kier alpha value is -1.80. The molecule has 1 aromatic carbocycles. The minimum Gasteiger partial charge on any atom is -0.506 e. The maximum Gasteiger partial charge on any atom is 0.416 e. The molecule has 0 aliphatic rings. The average molecular weight is 278 g/mol. The van der Waals surface area contributed by atoms with Gasteiger partial charge in [0.1, 0.15) is 11.9 Å². The number of nitrogens with two attached hydrogens (primary N) is 1. The molecular weight excluding hydrogens is 265 g/mol. The number of alkyl halides is 3. The van der Waals surface area contributed by atoms with E-state index in [9.17, 15) is 23.1 Å². The van der Waals surface area contributed by atoms with E-state index in [1.165, 1.54) is 7.11 Å². The van der Waals surface area contributed by atoms with Crippen molar-refractivity contribution in [3.8, 4) is 5.75 Å². The summed E-state index contributed by atoms with van der Waals surface area (Å²) in [7, 11) is 1.24. The summed E-state index contributed by atoms with van der Waals surface area (Å²) in [6, 6.07) is 2.20. The molecule has 1 atom stereocenters. The highest BCUT2D eigenvalue weighted by atomic mass is 19.4. The third-order valence-corrected chi connectivity index (χ3v) is 2.37. The van der Waals surface area contributed by atoms with Crippen molar-refractivity contribution in [2.75, 3.05) is 19.0 Å². The van der Waals surface area contributed by atoms with E-state index in [0.717, 1.165) is 6.07 Å². The van der Waals surface area contributed by atoms with Crippen LogP contribution in [0.2, 0.25) is 0 Å². The monoisotopic (exact) mass is 278 g/mol. The fourth-order valence-corrected chi connectivity index (χ4v) is 1.34. The number of amides is 1. The molecule has 0 saturated carbocycles. The molecule has 0 saturated heterocycles. The van der Waals surface area contributed by atoms with E-state index in [4.69, 9.17) is 10.5 Å². The number of carbonyl (C=O) groups is 1. The first-order valence-corrected chi connectivity index (χ1v) is 5.23. The van der Waals surface area contributed by atoms with Crippen LogP contribution in [0, 0.1) is 0 Å². The van der Waals surface area contributed by atoms with Crippen molar-refractivity contribution in [1.29, 1.82) is 0 Å². The highest BCUT2D eigenvalue weighted by molar-refractivity contribution is 5.95. The van der Waals surface area contributed by atoms with Gasteiger partial charge in [0.25, 0.3) is 5.91 Å². The second-order valence-electron chi connectivity index (χ2n) is 3.68. The van der Waals surface area contributed by atoms with Crippen molar-refractivity contribution in [1.82, 2.24) is 0 Å². The summed E-state index contributed by atoms with van der Waals surface area (Å²) in [5.74, 6) is -1.21. The van der Waals surface area contributed by atoms with Crippen LogP contribution in [0.4, 0.5) is 18.9 Å². The van der Waals surface area contributed by atoms with E-state index in [0.29, 0.717) is 12.1 Å². The first kappa shape index (κ1) is 15.3. The average Bonchev–Trinajstić information content (AvgIpc) is 2.32. The van der Waals surface area contributed by atoms with Crippen molar-refractivity contribution in [2.45, 2.75) is 12.3 Å². The lowest BCUT2D eigenvalue weighted by Crippen LogP contribution is -2.36. The summed E-state index contributed by atoms with van der Waals surface area (Å²) in [6.07, 6.45) is -5.57. The van der Waals surface area contributed by atoms with Crippen LogP contribution in [0.1, 0.15) is 5.56 Å². The number of anilines is 1. The van der Waals surface area contributed by atoms with Crippen LogP contribution in [0.15, 0.2) is 18.2 Å². The number of phenolic OH excluding ortho intramolecular Hbond substituents is 1. The van der Waals surface area contributed by atoms with Crippen LogP contribution >= 0.6 is 0 Å². The number of nitrogens with one attached hydrogen (secondary N) is 1. The molecule has 0 radical (unpaired) electrons. The predicted molar refractivity (Wildman–Crippen MR) is 61.6 cm³/mol. The summed E-state index contributed by atoms with van der Waals surface area (Å²) < 4.78 is 42.2. The first-order chi connectivity index (χ1) is 8.79. The van der Waals surface area contributed by atoms with Gasteiger partial charge in [0.2, 0.25) is 0 Å². The van der Waals surface area contributed by atoms with Crippen LogP contribution in [0.3, 0.4) is 0 Å². The molecule has 5 nitrogen and oxygen atoms in total. The van der Waals surface area contributed by atoms with Crippen molar-refractivity contribution in [3.63, 3.8) is 0 Å². The third kappa shape index (κ3) is 3.83. The van der Waals surface area contributed by atoms with Gasteiger partial charge < -0.3 is 20.9 Å². The van der Waals surface area contributed by atoms with Gasteiger partial charge in [-0.05, 0) is 18.2 Å². The van der Waals surface area contributed by atoms with Gasteiger partial charge in [-0.15, -0.1) is 0 Å². The highest BCUT2D eigenvalue weighted by Crippen LogP contribution is 2.34. The molecule has 0 bridgehead atoms. The summed E-state index contributed by atoms with van der Waals surface area (Å²) in [6.45, 7) is -0.137. The first-order valence-electron chi connectivity index (χ1n) is 5.23. The molecule has 0 spiro atoms. The van der Waals surface area contributed by atoms with E-state index in [1.807, 2.05) is 0 Å². The smallest absolute Gasteiger partial charge is 0.416 e. The molecule has 1 aromatic rings. The standard InChI is InChI=1S/C11H13F3N2O3/c1-19-9(5-15)10(18)16-7-4-6(11(12,13)14)2-3-8(7)17/h2-4,9,17H,5,15H2,1H3,(H,16,18). The topological polar surface area (TPSA) is 84.6 Å². The summed E-state index contributed by atoms with van der Waals surface area (Å²) >= 11 is 0. The molecule has 1 rings (SSSR count). The Morgan fingerprint density at radius 1 is 1.53 bits per heavy atom. The van der Waals surface area contributed by atoms with Crippen LogP contribution in [0.25, 0.3) is 0 Å². The molecule has 106 valence electrons. The number of benzene rings is 1. The minimum atomic E-state index is -4.57. The zero-order valence-electron chi connectivity index (χ0n) is 9.99. The second kappa shape index (κ2) is 5.89. The number of hydrogen-bond acceptors (Lipinski definition) is 4. The number of halogens is 3. The molecule has 0 aliphatic heterocycles. The van der Waals surface area contributed by atoms with Gasteiger partial charge in [-0.1, -0.05) is 0 Å². The van der Waals surface area contributed by atoms with Crippen molar-refractivity contribution >= 4 is 11.6 Å². The number of carbonyl (C=O) groups excluding carboxylic acids is 1. The SMILES string of the molecule is COC(CN)C(=O)Nc1cc(C(F)(F)F)ccc1O. The normalized spacial score (nSPS) is 13.1. The Kier molecular flexibility index (Phi) is 4.73. The van der Waals surface area contributed by atoms with E-state index >= 15 is 0 Å². The molecule has 0 fully saturated rings. The number of ether oxygens (including phenoxy) is 1. The maximum atomic E-state index is 12.5. The molecule has 19 heavy (non-hydrogen) atoms. The van der Waals surface area contributed by atoms with Crippen molar-refractivity contribution in [2.24, 2.45) is 5.73 Å². The van der Waals surface area contributed by atoms with Gasteiger partial charge in [0.15, 0.2) is 0 Å². The lowest BCUT2D eigenvalue weighted by molar-refractivity contribution is -0.137. The van der Waals surface area contributed by atoms with Gasteiger partial charge >= 0.3 is 6.18 Å². The van der Waals surface area contributed by atoms with Crippen molar-refractivity contribution < 1.29 is 27.8 Å². The zero-order valence-corrected chi connectivity index (χ0v) is 9.99. The maximum absolute atomic E-state index is 12.5. The van der Waals surface area contributed by atoms with Gasteiger partial charge in [0, 0.05) is 13.7 Å². The summed E-state index contributed by atoms with van der Waals surface area (Å²) in [5.41, 5.74) is 3.91. The zero-order chi connectivity index (χ0) is 14.6. The summed E-state index contributed by atoms with van der Waals surface area (Å²) in [4.78, 5) is 11.6. The Balaban J connectivity index is 2.98. The van der Waals surface area contributed by atoms with Gasteiger partial charge in [-0.2, -0.15) is 13.2 Å². The fourth-order valence-electron chi connectivity index (χ4n) is 1.34. The Labute approximate surface area is 107 Å². The van der Waals surface area contributed by atoms with E-state index in [1.54, 1.807) is 0 Å². The number of phenols is 1. The molecule has 1 unspecified atom stereocenters. The van der Waals surface area contributed by atoms with E-state index in [2.05, 4.69) is 5.32 Å². The molecule has 0 aromatic heterocycles. The second-order valence-corrected chi connectivity index (χ2v) is 3.68. The van der Waals surface area contributed by atoms with Crippen LogP contribution in [0.5, 0.6) is 5.75 Å². The van der Waals surface area contributed by atoms with Gasteiger partial charge in [-0.25, -0.2) is 0 Å². The Bertz CT molecular complexity index is 459.